The van der Waals surface area contributed by atoms with Gasteiger partial charge in [0.05, 0.1) is 4.92 Å². The maximum Gasteiger partial charge on any atom is 0.271 e. The van der Waals surface area contributed by atoms with Crippen molar-refractivity contribution < 1.29 is 4.92 Å². The van der Waals surface area contributed by atoms with Crippen molar-refractivity contribution in [2.24, 2.45) is 0 Å². The quantitative estimate of drug-likeness (QED) is 0.612. The lowest BCUT2D eigenvalue weighted by Crippen LogP contribution is -2.32. The summed E-state index contributed by atoms with van der Waals surface area (Å²) in [4.78, 5) is 10.3. The van der Waals surface area contributed by atoms with E-state index in [-0.39, 0.29) is 16.1 Å². The highest BCUT2D eigenvalue weighted by Gasteiger charge is 2.19. The van der Waals surface area contributed by atoms with Gasteiger partial charge in [0.1, 0.15) is 0 Å². The Labute approximate surface area is 95.8 Å². The van der Waals surface area contributed by atoms with Gasteiger partial charge in [0.2, 0.25) is 0 Å². The molecular weight excluding hydrogens is 204 g/mol. The first-order chi connectivity index (χ1) is 7.50. The predicted octanol–water partition coefficient (Wildman–Crippen LogP) is 3.59. The van der Waals surface area contributed by atoms with E-state index in [1.165, 1.54) is 6.07 Å². The highest BCUT2D eigenvalue weighted by atomic mass is 16.6. The minimum atomic E-state index is -0.375. The molecule has 1 aromatic rings. The van der Waals surface area contributed by atoms with E-state index in [1.807, 2.05) is 6.07 Å². The number of anilines is 1. The average Bonchev–Trinajstić information content (AvgIpc) is 2.29. The largest absolute Gasteiger partial charge is 0.380 e. The molecule has 16 heavy (non-hydrogen) atoms. The number of nitrogens with zero attached hydrogens (tertiary/aromatic N) is 1. The molecule has 0 saturated heterocycles. The second-order valence-electron chi connectivity index (χ2n) is 4.20. The Morgan fingerprint density at radius 1 is 1.38 bits per heavy atom. The first-order valence-electron chi connectivity index (χ1n) is 5.53. The van der Waals surface area contributed by atoms with E-state index < -0.39 is 0 Å². The molecule has 0 spiro atoms. The van der Waals surface area contributed by atoms with Gasteiger partial charge in [-0.1, -0.05) is 19.9 Å². The van der Waals surface area contributed by atoms with Gasteiger partial charge < -0.3 is 5.32 Å². The van der Waals surface area contributed by atoms with Gasteiger partial charge in [-0.25, -0.2) is 0 Å². The van der Waals surface area contributed by atoms with E-state index >= 15 is 0 Å². The van der Waals surface area contributed by atoms with E-state index in [0.29, 0.717) is 0 Å². The van der Waals surface area contributed by atoms with Crippen LogP contribution in [0, 0.1) is 10.1 Å². The first kappa shape index (κ1) is 12.5. The molecule has 0 heterocycles. The van der Waals surface area contributed by atoms with Crippen molar-refractivity contribution in [2.45, 2.75) is 39.2 Å². The Balaban J connectivity index is 2.89. The average molecular weight is 222 g/mol. The van der Waals surface area contributed by atoms with Crippen molar-refractivity contribution in [3.63, 3.8) is 0 Å². The number of nitro benzene ring substituents is 1. The fourth-order valence-corrected chi connectivity index (χ4v) is 1.47. The Hall–Kier alpha value is -1.58. The van der Waals surface area contributed by atoms with Crippen LogP contribution in [0.5, 0.6) is 0 Å². The van der Waals surface area contributed by atoms with Gasteiger partial charge in [-0.3, -0.25) is 10.1 Å². The molecule has 0 saturated carbocycles. The van der Waals surface area contributed by atoms with E-state index in [9.17, 15) is 10.1 Å². The molecule has 0 bridgehead atoms. The Morgan fingerprint density at radius 3 is 2.50 bits per heavy atom. The van der Waals surface area contributed by atoms with Crippen LogP contribution in [0.15, 0.2) is 24.3 Å². The molecule has 1 N–H and O–H groups in total. The monoisotopic (exact) mass is 222 g/mol. The zero-order chi connectivity index (χ0) is 12.2. The Kier molecular flexibility index (Phi) is 3.88. The Bertz CT molecular complexity index is 373. The third kappa shape index (κ3) is 2.95. The van der Waals surface area contributed by atoms with Crippen molar-refractivity contribution >= 4 is 11.4 Å². The summed E-state index contributed by atoms with van der Waals surface area (Å²) in [5.41, 5.74) is 0.926. The highest BCUT2D eigenvalue weighted by Crippen LogP contribution is 2.24. The van der Waals surface area contributed by atoms with E-state index in [0.717, 1.165) is 18.5 Å². The molecule has 0 fully saturated rings. The van der Waals surface area contributed by atoms with Crippen LogP contribution >= 0.6 is 0 Å². The molecule has 0 aromatic heterocycles. The van der Waals surface area contributed by atoms with Gasteiger partial charge in [0, 0.05) is 23.4 Å². The molecular formula is C12H18N2O2. The molecule has 1 rings (SSSR count). The predicted molar refractivity (Wildman–Crippen MR) is 65.7 cm³/mol. The normalized spacial score (nSPS) is 11.2. The van der Waals surface area contributed by atoms with Gasteiger partial charge in [-0.15, -0.1) is 0 Å². The van der Waals surface area contributed by atoms with Crippen LogP contribution in [0.3, 0.4) is 0 Å². The third-order valence-corrected chi connectivity index (χ3v) is 3.06. The lowest BCUT2D eigenvalue weighted by atomic mass is 9.95. The lowest BCUT2D eigenvalue weighted by Gasteiger charge is -2.29. The van der Waals surface area contributed by atoms with Crippen LogP contribution in [-0.4, -0.2) is 10.5 Å². The third-order valence-electron chi connectivity index (χ3n) is 3.06. The molecule has 1 aromatic carbocycles. The molecule has 0 atom stereocenters. The fourth-order valence-electron chi connectivity index (χ4n) is 1.47. The number of nitrogens with one attached hydrogen (secondary N) is 1. The van der Waals surface area contributed by atoms with Gasteiger partial charge in [0.25, 0.3) is 5.69 Å². The fraction of sp³-hybridized carbons (Fsp3) is 0.500. The zero-order valence-electron chi connectivity index (χ0n) is 9.99. The summed E-state index contributed by atoms with van der Waals surface area (Å²) in [6, 6.07) is 6.63. The maximum absolute atomic E-state index is 10.6. The molecule has 0 amide bonds. The van der Waals surface area contributed by atoms with Gasteiger partial charge in [-0.2, -0.15) is 0 Å². The number of rotatable bonds is 5. The summed E-state index contributed by atoms with van der Waals surface area (Å²) < 4.78 is 0. The summed E-state index contributed by atoms with van der Waals surface area (Å²) >= 11 is 0. The number of benzene rings is 1. The van der Waals surface area contributed by atoms with Gasteiger partial charge >= 0.3 is 0 Å². The van der Waals surface area contributed by atoms with Crippen LogP contribution in [0.25, 0.3) is 0 Å². The number of nitro groups is 1. The standard InChI is InChI=1S/C12H18N2O2/c1-4-12(3,5-2)13-10-7-6-8-11(9-10)14(15)16/h6-9,13H,4-5H2,1-3H3. The highest BCUT2D eigenvalue weighted by molar-refractivity contribution is 5.52. The molecule has 0 radical (unpaired) electrons. The SMILES string of the molecule is CCC(C)(CC)Nc1cccc([N+](=O)[O-])c1. The van der Waals surface area contributed by atoms with Crippen molar-refractivity contribution in [3.8, 4) is 0 Å². The molecule has 4 nitrogen and oxygen atoms in total. The molecule has 0 aliphatic rings. The summed E-state index contributed by atoms with van der Waals surface area (Å²) in [6.45, 7) is 6.33. The smallest absolute Gasteiger partial charge is 0.271 e. The maximum atomic E-state index is 10.6. The first-order valence-corrected chi connectivity index (χ1v) is 5.53. The van der Waals surface area contributed by atoms with Crippen LogP contribution in [0.4, 0.5) is 11.4 Å². The summed E-state index contributed by atoms with van der Waals surface area (Å²) in [5.74, 6) is 0. The van der Waals surface area contributed by atoms with Crippen molar-refractivity contribution in [1.29, 1.82) is 0 Å². The van der Waals surface area contributed by atoms with Crippen LogP contribution in [-0.2, 0) is 0 Å². The summed E-state index contributed by atoms with van der Waals surface area (Å²) in [6.07, 6.45) is 1.96. The molecule has 0 unspecified atom stereocenters. The second kappa shape index (κ2) is 4.96. The molecule has 0 aliphatic carbocycles. The van der Waals surface area contributed by atoms with Crippen molar-refractivity contribution in [2.75, 3.05) is 5.32 Å². The van der Waals surface area contributed by atoms with Gasteiger partial charge in [0.15, 0.2) is 0 Å². The van der Waals surface area contributed by atoms with Crippen molar-refractivity contribution in [1.82, 2.24) is 0 Å². The van der Waals surface area contributed by atoms with Crippen molar-refractivity contribution in [3.05, 3.63) is 34.4 Å². The van der Waals surface area contributed by atoms with Crippen LogP contribution < -0.4 is 5.32 Å². The van der Waals surface area contributed by atoms with E-state index in [2.05, 4.69) is 26.1 Å². The zero-order valence-corrected chi connectivity index (χ0v) is 9.99. The number of hydrogen-bond donors (Lipinski definition) is 1. The molecule has 88 valence electrons. The van der Waals surface area contributed by atoms with E-state index in [4.69, 9.17) is 0 Å². The van der Waals surface area contributed by atoms with Gasteiger partial charge in [-0.05, 0) is 25.8 Å². The minimum absolute atomic E-state index is 0.00474. The van der Waals surface area contributed by atoms with Crippen LogP contribution in [0.2, 0.25) is 0 Å². The summed E-state index contributed by atoms with van der Waals surface area (Å²) in [5, 5.41) is 14.0. The number of hydrogen-bond acceptors (Lipinski definition) is 3. The number of non-ortho nitro benzene ring substituents is 1. The lowest BCUT2D eigenvalue weighted by molar-refractivity contribution is -0.384. The Morgan fingerprint density at radius 2 is 2.00 bits per heavy atom. The second-order valence-corrected chi connectivity index (χ2v) is 4.20. The topological polar surface area (TPSA) is 55.2 Å². The molecule has 4 heteroatoms. The summed E-state index contributed by atoms with van der Waals surface area (Å²) in [7, 11) is 0. The molecule has 0 aliphatic heterocycles. The minimum Gasteiger partial charge on any atom is -0.380 e. The van der Waals surface area contributed by atoms with Crippen LogP contribution in [0.1, 0.15) is 33.6 Å². The van der Waals surface area contributed by atoms with E-state index in [1.54, 1.807) is 12.1 Å².